The van der Waals surface area contributed by atoms with Crippen molar-refractivity contribution < 1.29 is 14.2 Å². The zero-order valence-electron chi connectivity index (χ0n) is 18.2. The van der Waals surface area contributed by atoms with Gasteiger partial charge in [0.15, 0.2) is 11.5 Å². The maximum absolute atomic E-state index is 5.82. The van der Waals surface area contributed by atoms with Crippen molar-refractivity contribution in [2.75, 3.05) is 33.5 Å². The van der Waals surface area contributed by atoms with Crippen LogP contribution in [-0.2, 0) is 11.2 Å². The van der Waals surface area contributed by atoms with Crippen LogP contribution in [0.3, 0.4) is 0 Å². The number of methoxy groups -OCH3 is 1. The number of hydrogen-bond donors (Lipinski definition) is 1. The first-order chi connectivity index (χ1) is 13.5. The van der Waals surface area contributed by atoms with E-state index in [4.69, 9.17) is 14.2 Å². The number of hydrogen-bond acceptors (Lipinski definition) is 4. The second-order valence-electron chi connectivity index (χ2n) is 8.33. The van der Waals surface area contributed by atoms with Crippen LogP contribution in [0.5, 0.6) is 11.5 Å². The van der Waals surface area contributed by atoms with Crippen molar-refractivity contribution >= 4 is 0 Å². The zero-order valence-corrected chi connectivity index (χ0v) is 18.2. The normalized spacial score (nSPS) is 22.2. The highest BCUT2D eigenvalue weighted by molar-refractivity contribution is 5.43. The SMILES string of the molecule is C=CCc1ccc(OCCOCCNC2CC(C)CCC2C(C)C)c(OC)c1. The monoisotopic (exact) mass is 389 g/mol. The summed E-state index contributed by atoms with van der Waals surface area (Å²) in [6.07, 6.45) is 6.71. The molecule has 1 N–H and O–H groups in total. The molecule has 0 radical (unpaired) electrons. The molecule has 0 amide bonds. The Bertz CT molecular complexity index is 587. The van der Waals surface area contributed by atoms with E-state index in [1.807, 2.05) is 24.3 Å². The van der Waals surface area contributed by atoms with Gasteiger partial charge in [0.05, 0.1) is 20.3 Å². The molecule has 0 aromatic heterocycles. The van der Waals surface area contributed by atoms with Gasteiger partial charge in [-0.25, -0.2) is 0 Å². The Hall–Kier alpha value is -1.52. The van der Waals surface area contributed by atoms with E-state index in [9.17, 15) is 0 Å². The first kappa shape index (κ1) is 22.8. The van der Waals surface area contributed by atoms with E-state index in [1.54, 1.807) is 7.11 Å². The van der Waals surface area contributed by atoms with Crippen LogP contribution >= 0.6 is 0 Å². The number of rotatable bonds is 12. The molecule has 1 aromatic rings. The first-order valence-corrected chi connectivity index (χ1v) is 10.8. The largest absolute Gasteiger partial charge is 0.493 e. The lowest BCUT2D eigenvalue weighted by Gasteiger charge is -2.38. The van der Waals surface area contributed by atoms with Crippen LogP contribution in [-0.4, -0.2) is 39.5 Å². The van der Waals surface area contributed by atoms with Gasteiger partial charge in [-0.15, -0.1) is 6.58 Å². The molecule has 0 saturated heterocycles. The number of nitrogens with one attached hydrogen (secondary N) is 1. The van der Waals surface area contributed by atoms with Crippen LogP contribution in [0.25, 0.3) is 0 Å². The van der Waals surface area contributed by atoms with Crippen LogP contribution < -0.4 is 14.8 Å². The quantitative estimate of drug-likeness (QED) is 0.409. The number of allylic oxidation sites excluding steroid dienone is 1. The Balaban J connectivity index is 1.64. The fourth-order valence-corrected chi connectivity index (χ4v) is 4.19. The molecule has 0 aliphatic heterocycles. The molecule has 158 valence electrons. The summed E-state index contributed by atoms with van der Waals surface area (Å²) < 4.78 is 17.0. The lowest BCUT2D eigenvalue weighted by atomic mass is 9.74. The average Bonchev–Trinajstić information content (AvgIpc) is 2.68. The van der Waals surface area contributed by atoms with Crippen molar-refractivity contribution in [3.8, 4) is 11.5 Å². The highest BCUT2D eigenvalue weighted by atomic mass is 16.5. The minimum Gasteiger partial charge on any atom is -0.493 e. The summed E-state index contributed by atoms with van der Waals surface area (Å²) in [4.78, 5) is 0. The second-order valence-corrected chi connectivity index (χ2v) is 8.33. The van der Waals surface area contributed by atoms with Crippen molar-refractivity contribution in [2.45, 2.75) is 52.5 Å². The van der Waals surface area contributed by atoms with Gasteiger partial charge in [0, 0.05) is 12.6 Å². The minimum atomic E-state index is 0.520. The summed E-state index contributed by atoms with van der Waals surface area (Å²) in [7, 11) is 1.67. The molecule has 1 fully saturated rings. The van der Waals surface area contributed by atoms with Crippen molar-refractivity contribution in [2.24, 2.45) is 17.8 Å². The summed E-state index contributed by atoms with van der Waals surface area (Å²) in [6.45, 7) is 13.6. The predicted molar refractivity (Wildman–Crippen MR) is 116 cm³/mol. The van der Waals surface area contributed by atoms with E-state index >= 15 is 0 Å². The Morgan fingerprint density at radius 1 is 1.18 bits per heavy atom. The number of ether oxygens (including phenoxy) is 3. The van der Waals surface area contributed by atoms with E-state index in [2.05, 4.69) is 32.7 Å². The van der Waals surface area contributed by atoms with Gasteiger partial charge in [-0.1, -0.05) is 39.3 Å². The van der Waals surface area contributed by atoms with E-state index in [0.29, 0.717) is 25.9 Å². The smallest absolute Gasteiger partial charge is 0.161 e. The van der Waals surface area contributed by atoms with Crippen LogP contribution in [0, 0.1) is 17.8 Å². The molecule has 0 spiro atoms. The van der Waals surface area contributed by atoms with Crippen molar-refractivity contribution in [1.29, 1.82) is 0 Å². The summed E-state index contributed by atoms with van der Waals surface area (Å²) in [5, 5.41) is 3.73. The summed E-state index contributed by atoms with van der Waals surface area (Å²) in [5.74, 6) is 3.87. The van der Waals surface area contributed by atoms with Crippen LogP contribution in [0.15, 0.2) is 30.9 Å². The molecule has 3 unspecified atom stereocenters. The fourth-order valence-electron chi connectivity index (χ4n) is 4.19. The Morgan fingerprint density at radius 3 is 2.71 bits per heavy atom. The maximum atomic E-state index is 5.82. The molecule has 0 bridgehead atoms. The third-order valence-electron chi connectivity index (χ3n) is 5.77. The van der Waals surface area contributed by atoms with Crippen molar-refractivity contribution in [3.63, 3.8) is 0 Å². The van der Waals surface area contributed by atoms with Gasteiger partial charge in [-0.2, -0.15) is 0 Å². The predicted octanol–water partition coefficient (Wildman–Crippen LogP) is 4.87. The van der Waals surface area contributed by atoms with Crippen LogP contribution in [0.4, 0.5) is 0 Å². The third kappa shape index (κ3) is 7.14. The molecule has 1 saturated carbocycles. The lowest BCUT2D eigenvalue weighted by Crippen LogP contribution is -2.44. The Morgan fingerprint density at radius 2 is 2.00 bits per heavy atom. The van der Waals surface area contributed by atoms with Crippen molar-refractivity contribution in [1.82, 2.24) is 5.32 Å². The second kappa shape index (κ2) is 12.1. The van der Waals surface area contributed by atoms with Crippen LogP contribution in [0.2, 0.25) is 0 Å². The first-order valence-electron chi connectivity index (χ1n) is 10.8. The van der Waals surface area contributed by atoms with Gasteiger partial charge in [0.1, 0.15) is 6.61 Å². The van der Waals surface area contributed by atoms with E-state index in [1.165, 1.54) is 24.8 Å². The Kier molecular flexibility index (Phi) is 9.86. The van der Waals surface area contributed by atoms with Gasteiger partial charge in [0.2, 0.25) is 0 Å². The Labute approximate surface area is 171 Å². The lowest BCUT2D eigenvalue weighted by molar-refractivity contribution is 0.0918. The molecular formula is C24H39NO3. The molecule has 3 atom stereocenters. The molecular weight excluding hydrogens is 350 g/mol. The molecule has 1 aliphatic rings. The van der Waals surface area contributed by atoms with Gasteiger partial charge in [-0.05, 0) is 54.7 Å². The summed E-state index contributed by atoms with van der Waals surface area (Å²) in [6, 6.07) is 6.62. The van der Waals surface area contributed by atoms with E-state index in [0.717, 1.165) is 42.2 Å². The van der Waals surface area contributed by atoms with Gasteiger partial charge >= 0.3 is 0 Å². The van der Waals surface area contributed by atoms with Gasteiger partial charge < -0.3 is 19.5 Å². The van der Waals surface area contributed by atoms with Gasteiger partial charge in [-0.3, -0.25) is 0 Å². The molecule has 4 nitrogen and oxygen atoms in total. The molecule has 1 aromatic carbocycles. The summed E-state index contributed by atoms with van der Waals surface area (Å²) in [5.41, 5.74) is 1.17. The molecule has 0 heterocycles. The van der Waals surface area contributed by atoms with Crippen molar-refractivity contribution in [3.05, 3.63) is 36.4 Å². The van der Waals surface area contributed by atoms with E-state index in [-0.39, 0.29) is 0 Å². The minimum absolute atomic E-state index is 0.520. The van der Waals surface area contributed by atoms with Crippen LogP contribution in [0.1, 0.15) is 45.6 Å². The standard InChI is InChI=1S/C24H39NO3/c1-6-7-20-9-11-23(24(17-20)26-5)28-15-14-27-13-12-25-22-16-19(4)8-10-21(22)18(2)3/h6,9,11,17-19,21-22,25H,1,7-8,10,12-16H2,2-5H3. The third-order valence-corrected chi connectivity index (χ3v) is 5.77. The molecule has 1 aliphatic carbocycles. The molecule has 28 heavy (non-hydrogen) atoms. The zero-order chi connectivity index (χ0) is 20.4. The highest BCUT2D eigenvalue weighted by Gasteiger charge is 2.29. The topological polar surface area (TPSA) is 39.7 Å². The van der Waals surface area contributed by atoms with E-state index < -0.39 is 0 Å². The average molecular weight is 390 g/mol. The summed E-state index contributed by atoms with van der Waals surface area (Å²) >= 11 is 0. The van der Waals surface area contributed by atoms with Gasteiger partial charge in [0.25, 0.3) is 0 Å². The fraction of sp³-hybridized carbons (Fsp3) is 0.667. The number of benzene rings is 1. The molecule has 2 rings (SSSR count). The molecule has 4 heteroatoms. The maximum Gasteiger partial charge on any atom is 0.161 e. The highest BCUT2D eigenvalue weighted by Crippen LogP contribution is 2.33.